The standard InChI is InChI=1S/C18H26N2O7/c1-7-9(2)19-12(21)8-27-18(24)15-13(16(22)25-5)10(3)20-11(4)14(15)17(23)26-6/h9,15,20H,7-8H2,1-6H3,(H,19,21)/t9-/m0/s1. The third-order valence-electron chi connectivity index (χ3n) is 4.17. The predicted octanol–water partition coefficient (Wildman–Crippen LogP) is 0.558. The summed E-state index contributed by atoms with van der Waals surface area (Å²) in [6.45, 7) is 6.32. The predicted molar refractivity (Wildman–Crippen MR) is 94.9 cm³/mol. The van der Waals surface area contributed by atoms with Crippen molar-refractivity contribution in [2.75, 3.05) is 20.8 Å². The number of nitrogens with one attached hydrogen (secondary N) is 2. The van der Waals surface area contributed by atoms with Gasteiger partial charge in [-0.2, -0.15) is 0 Å². The van der Waals surface area contributed by atoms with Crippen molar-refractivity contribution >= 4 is 23.8 Å². The number of hydrogen-bond donors (Lipinski definition) is 2. The fourth-order valence-electron chi connectivity index (χ4n) is 2.63. The van der Waals surface area contributed by atoms with Crippen molar-refractivity contribution in [1.82, 2.24) is 10.6 Å². The van der Waals surface area contributed by atoms with Gasteiger partial charge in [-0.3, -0.25) is 9.59 Å². The van der Waals surface area contributed by atoms with Gasteiger partial charge in [0, 0.05) is 17.4 Å². The molecule has 1 heterocycles. The largest absolute Gasteiger partial charge is 0.466 e. The lowest BCUT2D eigenvalue weighted by Crippen LogP contribution is -2.40. The number of dihydropyridines is 1. The average Bonchev–Trinajstić information content (AvgIpc) is 2.64. The average molecular weight is 382 g/mol. The molecule has 27 heavy (non-hydrogen) atoms. The van der Waals surface area contributed by atoms with Gasteiger partial charge in [0.2, 0.25) is 0 Å². The van der Waals surface area contributed by atoms with Gasteiger partial charge in [-0.15, -0.1) is 0 Å². The quantitative estimate of drug-likeness (QED) is 0.484. The summed E-state index contributed by atoms with van der Waals surface area (Å²) < 4.78 is 14.5. The van der Waals surface area contributed by atoms with Crippen molar-refractivity contribution in [3.63, 3.8) is 0 Å². The van der Waals surface area contributed by atoms with Crippen LogP contribution < -0.4 is 10.6 Å². The van der Waals surface area contributed by atoms with E-state index < -0.39 is 36.3 Å². The number of hydrogen-bond acceptors (Lipinski definition) is 8. The molecule has 0 saturated carbocycles. The summed E-state index contributed by atoms with van der Waals surface area (Å²) in [4.78, 5) is 49.0. The molecule has 0 unspecified atom stereocenters. The van der Waals surface area contributed by atoms with Gasteiger partial charge in [-0.25, -0.2) is 9.59 Å². The molecule has 9 heteroatoms. The Morgan fingerprint density at radius 3 is 1.93 bits per heavy atom. The molecule has 0 aromatic rings. The topological polar surface area (TPSA) is 120 Å². The van der Waals surface area contributed by atoms with Gasteiger partial charge in [-0.05, 0) is 27.2 Å². The van der Waals surface area contributed by atoms with E-state index in [-0.39, 0.29) is 17.2 Å². The van der Waals surface area contributed by atoms with Crippen LogP contribution in [0, 0.1) is 5.92 Å². The lowest BCUT2D eigenvalue weighted by Gasteiger charge is -2.28. The second-order valence-corrected chi connectivity index (χ2v) is 6.10. The molecule has 2 N–H and O–H groups in total. The van der Waals surface area contributed by atoms with Crippen LogP contribution in [0.15, 0.2) is 22.5 Å². The molecule has 0 aromatic heterocycles. The number of allylic oxidation sites excluding steroid dienone is 2. The summed E-state index contributed by atoms with van der Waals surface area (Å²) in [5.41, 5.74) is 0.544. The minimum atomic E-state index is -1.36. The molecule has 1 rings (SSSR count). The zero-order chi connectivity index (χ0) is 20.7. The van der Waals surface area contributed by atoms with Crippen LogP contribution >= 0.6 is 0 Å². The zero-order valence-electron chi connectivity index (χ0n) is 16.4. The van der Waals surface area contributed by atoms with E-state index in [1.54, 1.807) is 13.8 Å². The Labute approximate surface area is 158 Å². The molecule has 0 saturated heterocycles. The second-order valence-electron chi connectivity index (χ2n) is 6.10. The molecule has 150 valence electrons. The second kappa shape index (κ2) is 9.75. The minimum absolute atomic E-state index is 0.0733. The fourth-order valence-corrected chi connectivity index (χ4v) is 2.63. The maximum Gasteiger partial charge on any atom is 0.336 e. The molecule has 9 nitrogen and oxygen atoms in total. The Balaban J connectivity index is 3.14. The monoisotopic (exact) mass is 382 g/mol. The molecule has 0 bridgehead atoms. The molecule has 1 aliphatic heterocycles. The Hall–Kier alpha value is -2.84. The van der Waals surface area contributed by atoms with Gasteiger partial charge in [0.1, 0.15) is 5.92 Å². The van der Waals surface area contributed by atoms with Gasteiger partial charge in [0.15, 0.2) is 6.61 Å². The third-order valence-corrected chi connectivity index (χ3v) is 4.17. The first-order valence-electron chi connectivity index (χ1n) is 8.49. The maximum atomic E-state index is 12.7. The molecule has 0 fully saturated rings. The smallest absolute Gasteiger partial charge is 0.336 e. The molecular formula is C18H26N2O7. The van der Waals surface area contributed by atoms with E-state index in [1.165, 1.54) is 0 Å². The van der Waals surface area contributed by atoms with E-state index in [9.17, 15) is 19.2 Å². The van der Waals surface area contributed by atoms with E-state index in [4.69, 9.17) is 14.2 Å². The number of carbonyl (C=O) groups excluding carboxylic acids is 4. The Bertz CT molecular complexity index is 656. The molecule has 1 aliphatic rings. The first kappa shape index (κ1) is 22.2. The van der Waals surface area contributed by atoms with Crippen molar-refractivity contribution in [3.05, 3.63) is 22.5 Å². The number of esters is 3. The van der Waals surface area contributed by atoms with Crippen LogP contribution in [-0.4, -0.2) is 50.7 Å². The van der Waals surface area contributed by atoms with E-state index in [0.29, 0.717) is 11.4 Å². The van der Waals surface area contributed by atoms with Gasteiger partial charge in [-0.1, -0.05) is 6.92 Å². The summed E-state index contributed by atoms with van der Waals surface area (Å²) in [5.74, 6) is -4.34. The Kier molecular flexibility index (Phi) is 8.01. The minimum Gasteiger partial charge on any atom is -0.466 e. The van der Waals surface area contributed by atoms with Crippen molar-refractivity contribution in [2.45, 2.75) is 40.2 Å². The highest BCUT2D eigenvalue weighted by Gasteiger charge is 2.42. The van der Waals surface area contributed by atoms with Gasteiger partial charge in [0.25, 0.3) is 5.91 Å². The lowest BCUT2D eigenvalue weighted by atomic mass is 9.85. The lowest BCUT2D eigenvalue weighted by molar-refractivity contribution is -0.153. The molecular weight excluding hydrogens is 356 g/mol. The highest BCUT2D eigenvalue weighted by molar-refractivity contribution is 6.05. The molecule has 1 amide bonds. The highest BCUT2D eigenvalue weighted by Crippen LogP contribution is 2.32. The van der Waals surface area contributed by atoms with Crippen LogP contribution in [-0.2, 0) is 33.4 Å². The molecule has 0 radical (unpaired) electrons. The summed E-state index contributed by atoms with van der Waals surface area (Å²) in [5, 5.41) is 5.52. The summed E-state index contributed by atoms with van der Waals surface area (Å²) in [6, 6.07) is -0.0735. The number of amides is 1. The van der Waals surface area contributed by atoms with Crippen molar-refractivity contribution < 1.29 is 33.4 Å². The summed E-state index contributed by atoms with van der Waals surface area (Å²) >= 11 is 0. The normalized spacial score (nSPS) is 15.6. The first-order chi connectivity index (χ1) is 12.7. The first-order valence-corrected chi connectivity index (χ1v) is 8.49. The van der Waals surface area contributed by atoms with E-state index in [2.05, 4.69) is 10.6 Å². The van der Waals surface area contributed by atoms with Crippen molar-refractivity contribution in [2.24, 2.45) is 5.92 Å². The Morgan fingerprint density at radius 2 is 1.52 bits per heavy atom. The summed E-state index contributed by atoms with van der Waals surface area (Å²) in [7, 11) is 2.32. The molecule has 0 aliphatic carbocycles. The maximum absolute atomic E-state index is 12.7. The van der Waals surface area contributed by atoms with Gasteiger partial charge in [0.05, 0.1) is 25.4 Å². The van der Waals surface area contributed by atoms with Crippen molar-refractivity contribution in [3.8, 4) is 0 Å². The highest BCUT2D eigenvalue weighted by atomic mass is 16.5. The van der Waals surface area contributed by atoms with E-state index >= 15 is 0 Å². The van der Waals surface area contributed by atoms with Crippen LogP contribution in [0.25, 0.3) is 0 Å². The third kappa shape index (κ3) is 5.32. The zero-order valence-corrected chi connectivity index (χ0v) is 16.4. The van der Waals surface area contributed by atoms with Crippen LogP contribution in [0.4, 0.5) is 0 Å². The van der Waals surface area contributed by atoms with Crippen LogP contribution in [0.3, 0.4) is 0 Å². The van der Waals surface area contributed by atoms with E-state index in [0.717, 1.165) is 20.6 Å². The van der Waals surface area contributed by atoms with Gasteiger partial charge >= 0.3 is 17.9 Å². The molecule has 0 spiro atoms. The fraction of sp³-hybridized carbons (Fsp3) is 0.556. The number of rotatable bonds is 7. The van der Waals surface area contributed by atoms with E-state index in [1.807, 2.05) is 13.8 Å². The Morgan fingerprint density at radius 1 is 1.04 bits per heavy atom. The number of ether oxygens (including phenoxy) is 3. The SMILES string of the molecule is CC[C@H](C)NC(=O)COC(=O)C1C(C(=O)OC)=C(C)NC(C)=C1C(=O)OC. The van der Waals surface area contributed by atoms with Crippen LogP contribution in [0.1, 0.15) is 34.1 Å². The van der Waals surface area contributed by atoms with Crippen LogP contribution in [0.5, 0.6) is 0 Å². The number of methoxy groups -OCH3 is 2. The van der Waals surface area contributed by atoms with Gasteiger partial charge < -0.3 is 24.8 Å². The molecule has 1 atom stereocenters. The van der Waals surface area contributed by atoms with Crippen molar-refractivity contribution in [1.29, 1.82) is 0 Å². The van der Waals surface area contributed by atoms with Crippen LogP contribution in [0.2, 0.25) is 0 Å². The number of carbonyl (C=O) groups is 4. The summed E-state index contributed by atoms with van der Waals surface area (Å²) in [6.07, 6.45) is 0.719. The molecule has 0 aromatic carbocycles.